The largest absolute Gasteiger partial charge is 0.507 e. The topological polar surface area (TPSA) is 90.0 Å². The van der Waals surface area contributed by atoms with Crippen molar-refractivity contribution in [1.29, 1.82) is 0 Å². The molecule has 28 heavy (non-hydrogen) atoms. The van der Waals surface area contributed by atoms with E-state index in [9.17, 15) is 19.5 Å². The van der Waals surface area contributed by atoms with E-state index in [4.69, 9.17) is 0 Å². The van der Waals surface area contributed by atoms with Crippen molar-refractivity contribution in [2.45, 2.75) is 6.42 Å². The lowest BCUT2D eigenvalue weighted by Crippen LogP contribution is -2.42. The number of phenolic OH excluding ortho intramolecular Hbond substituents is 1. The molecule has 1 aliphatic rings. The van der Waals surface area contributed by atoms with E-state index in [1.54, 1.807) is 52.3 Å². The summed E-state index contributed by atoms with van der Waals surface area (Å²) in [4.78, 5) is 40.5. The molecule has 7 nitrogen and oxygen atoms in total. The second-order valence-corrected chi connectivity index (χ2v) is 6.59. The third-order valence-electron chi connectivity index (χ3n) is 4.71. The highest BCUT2D eigenvalue weighted by Gasteiger charge is 2.24. The summed E-state index contributed by atoms with van der Waals surface area (Å²) in [6.45, 7) is 1.71. The summed E-state index contributed by atoms with van der Waals surface area (Å²) in [5, 5.41) is 12.5. The van der Waals surface area contributed by atoms with Crippen LogP contribution in [0.5, 0.6) is 5.75 Å². The molecule has 0 saturated carbocycles. The molecule has 3 amide bonds. The molecule has 0 atom stereocenters. The number of para-hydroxylation sites is 1. The molecular weight excluding hydrogens is 358 g/mol. The van der Waals surface area contributed by atoms with Gasteiger partial charge in [0.1, 0.15) is 5.75 Å². The van der Waals surface area contributed by atoms with Gasteiger partial charge in [-0.3, -0.25) is 14.4 Å². The first-order valence-corrected chi connectivity index (χ1v) is 9.24. The Hall–Kier alpha value is -3.35. The molecule has 146 valence electrons. The van der Waals surface area contributed by atoms with Crippen molar-refractivity contribution in [3.63, 3.8) is 0 Å². The maximum atomic E-state index is 12.6. The summed E-state index contributed by atoms with van der Waals surface area (Å²) in [6, 6.07) is 15.2. The van der Waals surface area contributed by atoms with Crippen molar-refractivity contribution in [2.24, 2.45) is 0 Å². The molecule has 7 heteroatoms. The monoisotopic (exact) mass is 381 g/mol. The molecule has 0 unspecified atom stereocenters. The Labute approximate surface area is 163 Å². The van der Waals surface area contributed by atoms with Crippen LogP contribution in [0.15, 0.2) is 54.6 Å². The van der Waals surface area contributed by atoms with Gasteiger partial charge < -0.3 is 20.2 Å². The summed E-state index contributed by atoms with van der Waals surface area (Å²) in [5.74, 6) is -0.764. The normalized spacial score (nSPS) is 14.3. The maximum absolute atomic E-state index is 12.6. The SMILES string of the molecule is O=C(NCC(=O)N1CCCN(C(=O)c2ccccc2O)CC1)c1ccccc1. The lowest BCUT2D eigenvalue weighted by Gasteiger charge is -2.22. The molecule has 0 aromatic heterocycles. The highest BCUT2D eigenvalue weighted by molar-refractivity contribution is 5.97. The first-order chi connectivity index (χ1) is 13.6. The summed E-state index contributed by atoms with van der Waals surface area (Å²) >= 11 is 0. The van der Waals surface area contributed by atoms with E-state index >= 15 is 0 Å². The number of benzene rings is 2. The Kier molecular flexibility index (Phi) is 6.26. The number of aromatic hydroxyl groups is 1. The van der Waals surface area contributed by atoms with Gasteiger partial charge in [0, 0.05) is 31.7 Å². The van der Waals surface area contributed by atoms with Crippen LogP contribution in [0.25, 0.3) is 0 Å². The fraction of sp³-hybridized carbons (Fsp3) is 0.286. The maximum Gasteiger partial charge on any atom is 0.257 e. The fourth-order valence-electron chi connectivity index (χ4n) is 3.15. The zero-order chi connectivity index (χ0) is 19.9. The van der Waals surface area contributed by atoms with Crippen LogP contribution >= 0.6 is 0 Å². The van der Waals surface area contributed by atoms with E-state index < -0.39 is 0 Å². The van der Waals surface area contributed by atoms with Crippen molar-refractivity contribution in [1.82, 2.24) is 15.1 Å². The Morgan fingerprint density at radius 3 is 2.25 bits per heavy atom. The van der Waals surface area contributed by atoms with Crippen molar-refractivity contribution in [3.8, 4) is 5.75 Å². The van der Waals surface area contributed by atoms with Crippen LogP contribution in [0, 0.1) is 0 Å². The smallest absolute Gasteiger partial charge is 0.257 e. The Bertz CT molecular complexity index is 854. The molecule has 1 saturated heterocycles. The number of nitrogens with zero attached hydrogens (tertiary/aromatic N) is 2. The van der Waals surface area contributed by atoms with Crippen molar-refractivity contribution < 1.29 is 19.5 Å². The minimum Gasteiger partial charge on any atom is -0.507 e. The van der Waals surface area contributed by atoms with Gasteiger partial charge in [-0.05, 0) is 30.7 Å². The molecule has 0 aliphatic carbocycles. The number of rotatable bonds is 4. The summed E-state index contributed by atoms with van der Waals surface area (Å²) in [6.07, 6.45) is 0.637. The molecule has 1 heterocycles. The predicted octanol–water partition coefficient (Wildman–Crippen LogP) is 1.50. The van der Waals surface area contributed by atoms with Crippen LogP contribution in [-0.2, 0) is 4.79 Å². The third kappa shape index (κ3) is 4.68. The predicted molar refractivity (Wildman–Crippen MR) is 104 cm³/mol. The van der Waals surface area contributed by atoms with Crippen LogP contribution in [0.4, 0.5) is 0 Å². The number of hydrogen-bond donors (Lipinski definition) is 2. The first kappa shape index (κ1) is 19.4. The van der Waals surface area contributed by atoms with Gasteiger partial charge in [-0.15, -0.1) is 0 Å². The minimum atomic E-state index is -0.292. The Balaban J connectivity index is 1.53. The summed E-state index contributed by atoms with van der Waals surface area (Å²) in [7, 11) is 0. The second-order valence-electron chi connectivity index (χ2n) is 6.59. The van der Waals surface area contributed by atoms with Crippen LogP contribution in [0.3, 0.4) is 0 Å². The molecule has 1 aliphatic heterocycles. The van der Waals surface area contributed by atoms with Gasteiger partial charge in [-0.1, -0.05) is 30.3 Å². The minimum absolute atomic E-state index is 0.0479. The molecule has 2 aromatic carbocycles. The van der Waals surface area contributed by atoms with E-state index in [1.165, 1.54) is 6.07 Å². The average Bonchev–Trinajstić information content (AvgIpc) is 2.98. The standard InChI is InChI=1S/C21H23N3O4/c25-18-10-5-4-9-17(18)21(28)24-12-6-11-23(13-14-24)19(26)15-22-20(27)16-7-2-1-3-8-16/h1-5,7-10,25H,6,11-15H2,(H,22,27). The van der Waals surface area contributed by atoms with Crippen molar-refractivity contribution in [2.75, 3.05) is 32.7 Å². The van der Waals surface area contributed by atoms with E-state index in [-0.39, 0.29) is 35.6 Å². The van der Waals surface area contributed by atoms with Gasteiger partial charge in [0.15, 0.2) is 0 Å². The van der Waals surface area contributed by atoms with Gasteiger partial charge in [0.2, 0.25) is 5.91 Å². The van der Waals surface area contributed by atoms with Crippen LogP contribution in [-0.4, -0.2) is 65.4 Å². The quantitative estimate of drug-likeness (QED) is 0.840. The van der Waals surface area contributed by atoms with Gasteiger partial charge >= 0.3 is 0 Å². The molecule has 3 rings (SSSR count). The zero-order valence-electron chi connectivity index (χ0n) is 15.5. The highest BCUT2D eigenvalue weighted by atomic mass is 16.3. The van der Waals surface area contributed by atoms with Gasteiger partial charge in [0.25, 0.3) is 11.8 Å². The molecule has 0 radical (unpaired) electrons. The Morgan fingerprint density at radius 2 is 1.50 bits per heavy atom. The molecule has 2 aromatic rings. The van der Waals surface area contributed by atoms with Gasteiger partial charge in [0.05, 0.1) is 12.1 Å². The van der Waals surface area contributed by atoms with Gasteiger partial charge in [-0.25, -0.2) is 0 Å². The van der Waals surface area contributed by atoms with E-state index in [0.717, 1.165) is 0 Å². The molecular formula is C21H23N3O4. The molecule has 1 fully saturated rings. The number of hydrogen-bond acceptors (Lipinski definition) is 4. The molecule has 0 spiro atoms. The van der Waals surface area contributed by atoms with Crippen molar-refractivity contribution in [3.05, 3.63) is 65.7 Å². The fourth-order valence-corrected chi connectivity index (χ4v) is 3.15. The van der Waals surface area contributed by atoms with E-state index in [1.807, 2.05) is 6.07 Å². The van der Waals surface area contributed by atoms with Crippen molar-refractivity contribution >= 4 is 17.7 Å². The highest BCUT2D eigenvalue weighted by Crippen LogP contribution is 2.18. The van der Waals surface area contributed by atoms with Crippen LogP contribution in [0.1, 0.15) is 27.1 Å². The number of phenols is 1. The molecule has 2 N–H and O–H groups in total. The average molecular weight is 381 g/mol. The second kappa shape index (κ2) is 9.03. The van der Waals surface area contributed by atoms with Crippen LogP contribution in [0.2, 0.25) is 0 Å². The Morgan fingerprint density at radius 1 is 0.857 bits per heavy atom. The zero-order valence-corrected chi connectivity index (χ0v) is 15.5. The van der Waals surface area contributed by atoms with Gasteiger partial charge in [-0.2, -0.15) is 0 Å². The number of nitrogens with one attached hydrogen (secondary N) is 1. The summed E-state index contributed by atoms with van der Waals surface area (Å²) < 4.78 is 0. The summed E-state index contributed by atoms with van der Waals surface area (Å²) in [5.41, 5.74) is 0.767. The lowest BCUT2D eigenvalue weighted by molar-refractivity contribution is -0.129. The van der Waals surface area contributed by atoms with E-state index in [0.29, 0.717) is 38.2 Å². The number of amides is 3. The van der Waals surface area contributed by atoms with Crippen LogP contribution < -0.4 is 5.32 Å². The first-order valence-electron chi connectivity index (χ1n) is 9.24. The third-order valence-corrected chi connectivity index (χ3v) is 4.71. The number of carbonyl (C=O) groups is 3. The lowest BCUT2D eigenvalue weighted by atomic mass is 10.1. The van der Waals surface area contributed by atoms with E-state index in [2.05, 4.69) is 5.32 Å². The number of carbonyl (C=O) groups excluding carboxylic acids is 3. The molecule has 0 bridgehead atoms.